The van der Waals surface area contributed by atoms with Crippen LogP contribution in [0, 0.1) is 5.92 Å². The van der Waals surface area contributed by atoms with Crippen LogP contribution < -0.4 is 5.56 Å². The van der Waals surface area contributed by atoms with E-state index in [9.17, 15) is 9.59 Å². The number of hydrogen-bond acceptors (Lipinski definition) is 5. The minimum atomic E-state index is -0.428. The quantitative estimate of drug-likeness (QED) is 0.596. The first-order valence-corrected chi connectivity index (χ1v) is 8.24. The SMILES string of the molecule is Cn1nc(Br)c2c(=O)n(CC(=O)OCC3CC=CCC3)cnc21. The molecule has 0 aromatic carbocycles. The van der Waals surface area contributed by atoms with Gasteiger partial charge in [0, 0.05) is 7.05 Å². The van der Waals surface area contributed by atoms with Crippen molar-refractivity contribution in [2.24, 2.45) is 13.0 Å². The smallest absolute Gasteiger partial charge is 0.326 e. The van der Waals surface area contributed by atoms with Gasteiger partial charge in [0.25, 0.3) is 5.56 Å². The van der Waals surface area contributed by atoms with Crippen molar-refractivity contribution in [3.05, 3.63) is 33.4 Å². The number of fused-ring (bicyclic) bond motifs is 1. The summed E-state index contributed by atoms with van der Waals surface area (Å²) < 4.78 is 8.48. The average molecular weight is 381 g/mol. The third kappa shape index (κ3) is 3.36. The van der Waals surface area contributed by atoms with Crippen molar-refractivity contribution < 1.29 is 9.53 Å². The fraction of sp³-hybridized carbons (Fsp3) is 0.467. The first-order valence-electron chi connectivity index (χ1n) is 7.44. The molecule has 0 aliphatic heterocycles. The van der Waals surface area contributed by atoms with E-state index in [1.165, 1.54) is 15.6 Å². The van der Waals surface area contributed by atoms with Gasteiger partial charge in [0.05, 0.1) is 6.61 Å². The molecule has 2 aromatic rings. The molecule has 0 bridgehead atoms. The molecule has 0 N–H and O–H groups in total. The van der Waals surface area contributed by atoms with Crippen LogP contribution in [0.4, 0.5) is 0 Å². The van der Waals surface area contributed by atoms with E-state index >= 15 is 0 Å². The number of aromatic nitrogens is 4. The number of hydrogen-bond donors (Lipinski definition) is 0. The van der Waals surface area contributed by atoms with E-state index in [0.717, 1.165) is 19.3 Å². The second-order valence-corrected chi connectivity index (χ2v) is 6.38. The van der Waals surface area contributed by atoms with Crippen molar-refractivity contribution >= 4 is 32.9 Å². The van der Waals surface area contributed by atoms with Crippen LogP contribution in [-0.2, 0) is 23.1 Å². The normalized spacial score (nSPS) is 17.6. The summed E-state index contributed by atoms with van der Waals surface area (Å²) in [6.07, 6.45) is 8.60. The zero-order chi connectivity index (χ0) is 16.4. The monoisotopic (exact) mass is 380 g/mol. The molecular weight excluding hydrogens is 364 g/mol. The zero-order valence-electron chi connectivity index (χ0n) is 12.7. The minimum absolute atomic E-state index is 0.147. The van der Waals surface area contributed by atoms with Gasteiger partial charge in [-0.1, -0.05) is 12.2 Å². The molecule has 2 heterocycles. The van der Waals surface area contributed by atoms with Gasteiger partial charge in [-0.25, -0.2) is 9.67 Å². The van der Waals surface area contributed by atoms with Gasteiger partial charge < -0.3 is 4.74 Å². The van der Waals surface area contributed by atoms with E-state index in [1.807, 2.05) is 0 Å². The standard InChI is InChI=1S/C15H17BrN4O3/c1-19-14-12(13(16)18-19)15(22)20(9-17-14)7-11(21)23-8-10-5-3-2-4-6-10/h2-3,9-10H,4-8H2,1H3. The summed E-state index contributed by atoms with van der Waals surface area (Å²) in [6, 6.07) is 0. The number of esters is 1. The Bertz CT molecular complexity index is 824. The van der Waals surface area contributed by atoms with Crippen molar-refractivity contribution in [1.29, 1.82) is 0 Å². The second-order valence-electron chi connectivity index (χ2n) is 5.62. The highest BCUT2D eigenvalue weighted by Crippen LogP contribution is 2.18. The number of nitrogens with zero attached hydrogens (tertiary/aromatic N) is 4. The number of allylic oxidation sites excluding steroid dienone is 2. The molecule has 0 fully saturated rings. The van der Waals surface area contributed by atoms with Gasteiger partial charge in [0.2, 0.25) is 0 Å². The average Bonchev–Trinajstić information content (AvgIpc) is 2.84. The zero-order valence-corrected chi connectivity index (χ0v) is 14.3. The van der Waals surface area contributed by atoms with E-state index < -0.39 is 5.97 Å². The molecule has 7 nitrogen and oxygen atoms in total. The first kappa shape index (κ1) is 15.9. The van der Waals surface area contributed by atoms with E-state index in [2.05, 4.69) is 38.2 Å². The van der Waals surface area contributed by atoms with Crippen LogP contribution in [-0.4, -0.2) is 31.9 Å². The molecule has 23 heavy (non-hydrogen) atoms. The molecule has 3 rings (SSSR count). The fourth-order valence-electron chi connectivity index (χ4n) is 2.65. The van der Waals surface area contributed by atoms with Gasteiger partial charge in [0.15, 0.2) is 5.65 Å². The van der Waals surface area contributed by atoms with E-state index in [4.69, 9.17) is 4.74 Å². The number of rotatable bonds is 4. The number of carbonyl (C=O) groups excluding carboxylic acids is 1. The lowest BCUT2D eigenvalue weighted by atomic mass is 9.95. The Hall–Kier alpha value is -1.96. The largest absolute Gasteiger partial charge is 0.464 e. The molecule has 1 unspecified atom stereocenters. The molecule has 8 heteroatoms. The van der Waals surface area contributed by atoms with E-state index in [-0.39, 0.29) is 12.1 Å². The van der Waals surface area contributed by atoms with Crippen molar-refractivity contribution in [3.8, 4) is 0 Å². The van der Waals surface area contributed by atoms with Crippen LogP contribution in [0.3, 0.4) is 0 Å². The Kier molecular flexibility index (Phi) is 4.61. The number of halogens is 1. The van der Waals surface area contributed by atoms with Gasteiger partial charge in [-0.05, 0) is 41.1 Å². The summed E-state index contributed by atoms with van der Waals surface area (Å²) >= 11 is 3.24. The summed E-state index contributed by atoms with van der Waals surface area (Å²) in [7, 11) is 1.71. The summed E-state index contributed by atoms with van der Waals surface area (Å²) in [5.74, 6) is -0.0587. The second kappa shape index (κ2) is 6.66. The van der Waals surface area contributed by atoms with Crippen molar-refractivity contribution in [1.82, 2.24) is 19.3 Å². The van der Waals surface area contributed by atoms with Gasteiger partial charge in [-0.15, -0.1) is 0 Å². The Morgan fingerprint density at radius 3 is 3.04 bits per heavy atom. The topological polar surface area (TPSA) is 79.0 Å². The van der Waals surface area contributed by atoms with Gasteiger partial charge in [0.1, 0.15) is 22.9 Å². The minimum Gasteiger partial charge on any atom is -0.464 e. The first-order chi connectivity index (χ1) is 11.1. The highest BCUT2D eigenvalue weighted by Gasteiger charge is 2.17. The summed E-state index contributed by atoms with van der Waals surface area (Å²) in [5, 5.41) is 4.46. The van der Waals surface area contributed by atoms with Crippen molar-refractivity contribution in [3.63, 3.8) is 0 Å². The Balaban J connectivity index is 1.70. The Morgan fingerprint density at radius 2 is 2.30 bits per heavy atom. The summed E-state index contributed by atoms with van der Waals surface area (Å²) in [4.78, 5) is 28.6. The third-order valence-electron chi connectivity index (χ3n) is 3.93. The van der Waals surface area contributed by atoms with Crippen LogP contribution in [0.25, 0.3) is 11.0 Å². The Morgan fingerprint density at radius 1 is 1.48 bits per heavy atom. The van der Waals surface area contributed by atoms with Crippen LogP contribution in [0.1, 0.15) is 19.3 Å². The predicted octanol–water partition coefficient (Wildman–Crippen LogP) is 1.79. The maximum atomic E-state index is 12.4. The molecule has 0 radical (unpaired) electrons. The van der Waals surface area contributed by atoms with Gasteiger partial charge in [-0.2, -0.15) is 5.10 Å². The van der Waals surface area contributed by atoms with Gasteiger partial charge >= 0.3 is 5.97 Å². The molecule has 0 saturated carbocycles. The summed E-state index contributed by atoms with van der Waals surface area (Å²) in [5.41, 5.74) is 0.160. The summed E-state index contributed by atoms with van der Waals surface area (Å²) in [6.45, 7) is 0.246. The van der Waals surface area contributed by atoms with E-state index in [1.54, 1.807) is 7.05 Å². The lowest BCUT2D eigenvalue weighted by molar-refractivity contribution is -0.145. The molecule has 0 amide bonds. The van der Waals surface area contributed by atoms with Crippen LogP contribution >= 0.6 is 15.9 Å². The maximum absolute atomic E-state index is 12.4. The fourth-order valence-corrected chi connectivity index (χ4v) is 3.24. The third-order valence-corrected chi connectivity index (χ3v) is 4.48. The maximum Gasteiger partial charge on any atom is 0.326 e. The highest BCUT2D eigenvalue weighted by molar-refractivity contribution is 9.10. The van der Waals surface area contributed by atoms with Crippen molar-refractivity contribution in [2.45, 2.75) is 25.8 Å². The lowest BCUT2D eigenvalue weighted by Gasteiger charge is -2.17. The molecule has 1 aliphatic rings. The molecule has 1 aliphatic carbocycles. The number of aryl methyl sites for hydroxylation is 1. The Labute approximate surface area is 141 Å². The molecule has 1 atom stereocenters. The predicted molar refractivity (Wildman–Crippen MR) is 87.9 cm³/mol. The van der Waals surface area contributed by atoms with Crippen LogP contribution in [0.5, 0.6) is 0 Å². The van der Waals surface area contributed by atoms with Gasteiger partial charge in [-0.3, -0.25) is 14.2 Å². The van der Waals surface area contributed by atoms with Crippen LogP contribution in [0.15, 0.2) is 27.9 Å². The molecule has 0 saturated heterocycles. The van der Waals surface area contributed by atoms with Crippen LogP contribution in [0.2, 0.25) is 0 Å². The number of carbonyl (C=O) groups is 1. The van der Waals surface area contributed by atoms with E-state index in [0.29, 0.717) is 28.2 Å². The highest BCUT2D eigenvalue weighted by atomic mass is 79.9. The number of ether oxygens (including phenoxy) is 1. The molecule has 122 valence electrons. The lowest BCUT2D eigenvalue weighted by Crippen LogP contribution is -2.27. The van der Waals surface area contributed by atoms with Crippen molar-refractivity contribution in [2.75, 3.05) is 6.61 Å². The molecular formula is C15H17BrN4O3. The molecule has 0 spiro atoms. The molecule has 2 aromatic heterocycles.